The molecule has 1 fully saturated rings. The molecule has 0 atom stereocenters. The molecule has 0 unspecified atom stereocenters. The van der Waals surface area contributed by atoms with Crippen molar-refractivity contribution >= 4 is 21.6 Å². The van der Waals surface area contributed by atoms with Crippen LogP contribution in [0.15, 0.2) is 16.6 Å². The third-order valence-corrected chi connectivity index (χ3v) is 3.15. The molecular formula is C11H13BrFN. The van der Waals surface area contributed by atoms with Crippen LogP contribution in [-0.4, -0.2) is 6.54 Å². The molecule has 1 aliphatic rings. The highest BCUT2D eigenvalue weighted by molar-refractivity contribution is 9.10. The van der Waals surface area contributed by atoms with E-state index in [4.69, 9.17) is 0 Å². The fraction of sp³-hybridized carbons (Fsp3) is 0.455. The van der Waals surface area contributed by atoms with Crippen molar-refractivity contribution in [3.8, 4) is 0 Å². The predicted octanol–water partition coefficient (Wildman–Crippen LogP) is 3.72. The van der Waals surface area contributed by atoms with E-state index in [0.29, 0.717) is 4.47 Å². The molecule has 1 N–H and O–H groups in total. The summed E-state index contributed by atoms with van der Waals surface area (Å²) in [6, 6.07) is 3.37. The molecule has 0 amide bonds. The second kappa shape index (κ2) is 3.89. The van der Waals surface area contributed by atoms with Gasteiger partial charge in [-0.15, -0.1) is 0 Å². The van der Waals surface area contributed by atoms with Crippen LogP contribution in [0, 0.1) is 18.7 Å². The molecule has 0 saturated heterocycles. The maximum Gasteiger partial charge on any atom is 0.139 e. The van der Waals surface area contributed by atoms with Gasteiger partial charge < -0.3 is 5.32 Å². The molecule has 2 rings (SSSR count). The molecule has 3 heteroatoms. The van der Waals surface area contributed by atoms with Crippen LogP contribution in [0.5, 0.6) is 0 Å². The second-order valence-electron chi connectivity index (χ2n) is 3.91. The van der Waals surface area contributed by atoms with Gasteiger partial charge in [-0.3, -0.25) is 0 Å². The maximum absolute atomic E-state index is 13.2. The minimum absolute atomic E-state index is 0.200. The summed E-state index contributed by atoms with van der Waals surface area (Å²) >= 11 is 3.17. The van der Waals surface area contributed by atoms with Crippen LogP contribution in [0.3, 0.4) is 0 Å². The van der Waals surface area contributed by atoms with E-state index in [2.05, 4.69) is 21.2 Å². The van der Waals surface area contributed by atoms with Crippen LogP contribution >= 0.6 is 15.9 Å². The number of anilines is 1. The first kappa shape index (κ1) is 9.97. The molecule has 14 heavy (non-hydrogen) atoms. The van der Waals surface area contributed by atoms with Crippen molar-refractivity contribution in [1.29, 1.82) is 0 Å². The van der Waals surface area contributed by atoms with E-state index in [1.807, 2.05) is 13.0 Å². The van der Waals surface area contributed by atoms with Gasteiger partial charge in [-0.1, -0.05) is 0 Å². The quantitative estimate of drug-likeness (QED) is 0.871. The Morgan fingerprint density at radius 2 is 2.21 bits per heavy atom. The zero-order valence-electron chi connectivity index (χ0n) is 8.11. The van der Waals surface area contributed by atoms with Crippen LogP contribution in [0.1, 0.15) is 18.4 Å². The predicted molar refractivity (Wildman–Crippen MR) is 60.1 cm³/mol. The van der Waals surface area contributed by atoms with Gasteiger partial charge in [0.15, 0.2) is 0 Å². The first-order valence-corrected chi connectivity index (χ1v) is 5.65. The monoisotopic (exact) mass is 257 g/mol. The lowest BCUT2D eigenvalue weighted by molar-refractivity contribution is 0.621. The molecule has 76 valence electrons. The zero-order chi connectivity index (χ0) is 10.1. The molecule has 1 saturated carbocycles. The standard InChI is InChI=1S/C11H13BrFN/c1-7-4-9(12)10(13)5-11(7)14-6-8-2-3-8/h4-5,8,14H,2-3,6H2,1H3. The van der Waals surface area contributed by atoms with Gasteiger partial charge >= 0.3 is 0 Å². The van der Waals surface area contributed by atoms with E-state index in [9.17, 15) is 4.39 Å². The highest BCUT2D eigenvalue weighted by Crippen LogP contribution is 2.30. The van der Waals surface area contributed by atoms with Crippen molar-refractivity contribution in [2.75, 3.05) is 11.9 Å². The average Bonchev–Trinajstić information content (AvgIpc) is 2.92. The summed E-state index contributed by atoms with van der Waals surface area (Å²) in [5.74, 6) is 0.606. The van der Waals surface area contributed by atoms with Crippen molar-refractivity contribution in [2.45, 2.75) is 19.8 Å². The van der Waals surface area contributed by atoms with Gasteiger partial charge in [-0.25, -0.2) is 4.39 Å². The Bertz CT molecular complexity index is 347. The summed E-state index contributed by atoms with van der Waals surface area (Å²) < 4.78 is 13.7. The first-order valence-electron chi connectivity index (χ1n) is 4.86. The number of hydrogen-bond donors (Lipinski definition) is 1. The van der Waals surface area contributed by atoms with Gasteiger partial charge in [-0.05, 0) is 59.3 Å². The summed E-state index contributed by atoms with van der Waals surface area (Å²) in [7, 11) is 0. The highest BCUT2D eigenvalue weighted by Gasteiger charge is 2.20. The third kappa shape index (κ3) is 2.27. The number of halogens is 2. The van der Waals surface area contributed by atoms with Gasteiger partial charge in [-0.2, -0.15) is 0 Å². The summed E-state index contributed by atoms with van der Waals surface area (Å²) in [5, 5.41) is 3.28. The molecule has 1 aromatic rings. The van der Waals surface area contributed by atoms with E-state index in [0.717, 1.165) is 23.7 Å². The molecule has 0 aromatic heterocycles. The lowest BCUT2D eigenvalue weighted by Crippen LogP contribution is -2.05. The van der Waals surface area contributed by atoms with Gasteiger partial charge in [0, 0.05) is 12.2 Å². The Hall–Kier alpha value is -0.570. The summed E-state index contributed by atoms with van der Waals surface area (Å²) in [5.41, 5.74) is 2.00. The largest absolute Gasteiger partial charge is 0.384 e. The second-order valence-corrected chi connectivity index (χ2v) is 4.76. The number of rotatable bonds is 3. The summed E-state index contributed by atoms with van der Waals surface area (Å²) in [6.07, 6.45) is 2.62. The summed E-state index contributed by atoms with van der Waals surface area (Å²) in [6.45, 7) is 2.96. The lowest BCUT2D eigenvalue weighted by atomic mass is 10.2. The van der Waals surface area contributed by atoms with Gasteiger partial charge in [0.2, 0.25) is 0 Å². The molecule has 0 spiro atoms. The zero-order valence-corrected chi connectivity index (χ0v) is 9.70. The Kier molecular flexibility index (Phi) is 2.77. The van der Waals surface area contributed by atoms with Gasteiger partial charge in [0.1, 0.15) is 5.82 Å². The number of aryl methyl sites for hydroxylation is 1. The summed E-state index contributed by atoms with van der Waals surface area (Å²) in [4.78, 5) is 0. The minimum Gasteiger partial charge on any atom is -0.384 e. The van der Waals surface area contributed by atoms with E-state index >= 15 is 0 Å². The molecule has 0 bridgehead atoms. The van der Waals surface area contributed by atoms with Crippen molar-refractivity contribution in [3.63, 3.8) is 0 Å². The fourth-order valence-corrected chi connectivity index (χ4v) is 1.87. The van der Waals surface area contributed by atoms with E-state index in [1.165, 1.54) is 12.8 Å². The van der Waals surface area contributed by atoms with Crippen molar-refractivity contribution in [2.24, 2.45) is 5.92 Å². The topological polar surface area (TPSA) is 12.0 Å². The van der Waals surface area contributed by atoms with Crippen LogP contribution in [0.25, 0.3) is 0 Å². The smallest absolute Gasteiger partial charge is 0.139 e. The van der Waals surface area contributed by atoms with Gasteiger partial charge in [0.05, 0.1) is 4.47 Å². The molecule has 1 nitrogen and oxygen atoms in total. The van der Waals surface area contributed by atoms with Crippen LogP contribution in [0.4, 0.5) is 10.1 Å². The molecule has 0 aliphatic heterocycles. The lowest BCUT2D eigenvalue weighted by Gasteiger charge is -2.09. The van der Waals surface area contributed by atoms with E-state index < -0.39 is 0 Å². The van der Waals surface area contributed by atoms with Crippen LogP contribution in [0.2, 0.25) is 0 Å². The molecule has 0 heterocycles. The van der Waals surface area contributed by atoms with Gasteiger partial charge in [0.25, 0.3) is 0 Å². The SMILES string of the molecule is Cc1cc(Br)c(F)cc1NCC1CC1. The molecule has 1 aliphatic carbocycles. The first-order chi connectivity index (χ1) is 6.66. The number of hydrogen-bond acceptors (Lipinski definition) is 1. The van der Waals surface area contributed by atoms with Crippen molar-refractivity contribution < 1.29 is 4.39 Å². The maximum atomic E-state index is 13.2. The Morgan fingerprint density at radius 1 is 1.50 bits per heavy atom. The van der Waals surface area contributed by atoms with Crippen molar-refractivity contribution in [3.05, 3.63) is 28.0 Å². The fourth-order valence-electron chi connectivity index (χ4n) is 1.41. The van der Waals surface area contributed by atoms with Crippen LogP contribution < -0.4 is 5.32 Å². The van der Waals surface area contributed by atoms with E-state index in [1.54, 1.807) is 6.07 Å². The highest BCUT2D eigenvalue weighted by atomic mass is 79.9. The molecule has 1 aromatic carbocycles. The Labute approximate surface area is 91.8 Å². The van der Waals surface area contributed by atoms with Crippen molar-refractivity contribution in [1.82, 2.24) is 0 Å². The third-order valence-electron chi connectivity index (χ3n) is 2.55. The minimum atomic E-state index is -0.200. The Balaban J connectivity index is 2.10. The molecular weight excluding hydrogens is 245 g/mol. The molecule has 0 radical (unpaired) electrons. The van der Waals surface area contributed by atoms with E-state index in [-0.39, 0.29) is 5.82 Å². The Morgan fingerprint density at radius 3 is 2.86 bits per heavy atom. The normalized spacial score (nSPS) is 15.6. The average molecular weight is 258 g/mol. The number of nitrogens with one attached hydrogen (secondary N) is 1. The number of benzene rings is 1. The van der Waals surface area contributed by atoms with Crippen LogP contribution in [-0.2, 0) is 0 Å².